The van der Waals surface area contributed by atoms with Crippen molar-refractivity contribution in [1.82, 2.24) is 14.8 Å². The van der Waals surface area contributed by atoms with Crippen LogP contribution in [0.4, 0.5) is 10.1 Å². The van der Waals surface area contributed by atoms with Crippen molar-refractivity contribution in [1.29, 1.82) is 0 Å². The Bertz CT molecular complexity index is 910. The van der Waals surface area contributed by atoms with Crippen LogP contribution >= 0.6 is 11.8 Å². The predicted molar refractivity (Wildman–Crippen MR) is 104 cm³/mol. The van der Waals surface area contributed by atoms with E-state index in [4.69, 9.17) is 0 Å². The molecule has 0 aliphatic carbocycles. The molecular weight excluding hydrogens is 347 g/mol. The number of aromatic nitrogens is 3. The number of thioether (sulfide) groups is 1. The van der Waals surface area contributed by atoms with Gasteiger partial charge in [-0.05, 0) is 35.2 Å². The van der Waals surface area contributed by atoms with E-state index in [9.17, 15) is 4.39 Å². The van der Waals surface area contributed by atoms with Gasteiger partial charge >= 0.3 is 0 Å². The zero-order valence-corrected chi connectivity index (χ0v) is 15.9. The quantitative estimate of drug-likeness (QED) is 0.644. The largest absolute Gasteiger partial charge is 0.344 e. The van der Waals surface area contributed by atoms with Gasteiger partial charge in [0.1, 0.15) is 5.82 Å². The Morgan fingerprint density at radius 3 is 2.31 bits per heavy atom. The van der Waals surface area contributed by atoms with Crippen LogP contribution in [0.2, 0.25) is 0 Å². The molecule has 2 heterocycles. The van der Waals surface area contributed by atoms with Crippen molar-refractivity contribution >= 4 is 17.4 Å². The van der Waals surface area contributed by atoms with E-state index in [0.717, 1.165) is 28.1 Å². The van der Waals surface area contributed by atoms with Crippen molar-refractivity contribution in [3.8, 4) is 11.4 Å². The highest BCUT2D eigenvalue weighted by atomic mass is 32.2. The van der Waals surface area contributed by atoms with Gasteiger partial charge in [-0.2, -0.15) is 0 Å². The van der Waals surface area contributed by atoms with Gasteiger partial charge in [-0.25, -0.2) is 4.39 Å². The number of benzene rings is 2. The Morgan fingerprint density at radius 2 is 1.65 bits per heavy atom. The Hall–Kier alpha value is -2.34. The summed E-state index contributed by atoms with van der Waals surface area (Å²) >= 11 is 1.64. The molecule has 1 aliphatic heterocycles. The molecule has 0 bridgehead atoms. The first-order valence-electron chi connectivity index (χ1n) is 8.59. The summed E-state index contributed by atoms with van der Waals surface area (Å²) in [5.41, 5.74) is 3.46. The number of halogens is 1. The summed E-state index contributed by atoms with van der Waals surface area (Å²) in [6.07, 6.45) is 0. The first kappa shape index (κ1) is 17.1. The van der Waals surface area contributed by atoms with Crippen LogP contribution in [0.3, 0.4) is 0 Å². The first-order chi connectivity index (χ1) is 12.4. The molecule has 0 N–H and O–H groups in total. The fourth-order valence-electron chi connectivity index (χ4n) is 3.01. The minimum atomic E-state index is -0.219. The number of nitrogens with zero attached hydrogens (tertiary/aromatic N) is 4. The van der Waals surface area contributed by atoms with Gasteiger partial charge in [0.2, 0.25) is 0 Å². The highest BCUT2D eigenvalue weighted by Crippen LogP contribution is 2.32. The van der Waals surface area contributed by atoms with E-state index in [-0.39, 0.29) is 11.2 Å². The molecule has 2 aromatic carbocycles. The Kier molecular flexibility index (Phi) is 4.23. The molecule has 0 amide bonds. The second-order valence-corrected chi connectivity index (χ2v) is 8.40. The fourth-order valence-corrected chi connectivity index (χ4v) is 3.91. The van der Waals surface area contributed by atoms with Crippen LogP contribution in [0.1, 0.15) is 26.3 Å². The molecule has 3 aromatic rings. The zero-order valence-electron chi connectivity index (χ0n) is 15.1. The summed E-state index contributed by atoms with van der Waals surface area (Å²) in [6.45, 7) is 7.27. The van der Waals surface area contributed by atoms with Crippen LogP contribution in [-0.2, 0) is 12.1 Å². The van der Waals surface area contributed by atoms with Crippen LogP contribution in [0.5, 0.6) is 0 Å². The summed E-state index contributed by atoms with van der Waals surface area (Å²) < 4.78 is 15.3. The maximum Gasteiger partial charge on any atom is 0.194 e. The van der Waals surface area contributed by atoms with Gasteiger partial charge in [-0.3, -0.25) is 4.57 Å². The average molecular weight is 368 g/mol. The first-order valence-corrected chi connectivity index (χ1v) is 9.58. The third kappa shape index (κ3) is 3.21. The molecule has 0 saturated heterocycles. The van der Waals surface area contributed by atoms with Gasteiger partial charge < -0.3 is 4.90 Å². The van der Waals surface area contributed by atoms with Gasteiger partial charge in [0.05, 0.1) is 12.5 Å². The minimum Gasteiger partial charge on any atom is -0.344 e. The topological polar surface area (TPSA) is 34.0 Å². The third-order valence-electron chi connectivity index (χ3n) is 4.58. The molecule has 0 saturated carbocycles. The zero-order chi connectivity index (χ0) is 18.3. The van der Waals surface area contributed by atoms with Crippen molar-refractivity contribution in [2.45, 2.75) is 38.0 Å². The van der Waals surface area contributed by atoms with E-state index in [2.05, 4.69) is 64.7 Å². The highest BCUT2D eigenvalue weighted by molar-refractivity contribution is 7.99. The Balaban J connectivity index is 1.63. The molecule has 0 radical (unpaired) electrons. The van der Waals surface area contributed by atoms with Crippen molar-refractivity contribution < 1.29 is 4.39 Å². The molecule has 26 heavy (non-hydrogen) atoms. The highest BCUT2D eigenvalue weighted by Gasteiger charge is 2.23. The van der Waals surface area contributed by atoms with Crippen LogP contribution in [0.15, 0.2) is 53.7 Å². The second-order valence-electron chi connectivity index (χ2n) is 7.49. The lowest BCUT2D eigenvalue weighted by molar-refractivity contribution is 0.590. The van der Waals surface area contributed by atoms with Crippen molar-refractivity contribution in [3.63, 3.8) is 0 Å². The predicted octanol–water partition coefficient (Wildman–Crippen LogP) is 4.91. The molecule has 1 aromatic heterocycles. The number of hydrogen-bond acceptors (Lipinski definition) is 4. The van der Waals surface area contributed by atoms with Crippen molar-refractivity contribution in [2.75, 3.05) is 10.8 Å². The SMILES string of the molecule is CC(C)(C)c1ccc(-c2nnc3n2CN(c2ccc(F)cc2)CS3)cc1. The summed E-state index contributed by atoms with van der Waals surface area (Å²) in [7, 11) is 0. The number of rotatable bonds is 2. The summed E-state index contributed by atoms with van der Waals surface area (Å²) in [5.74, 6) is 1.41. The fraction of sp³-hybridized carbons (Fsp3) is 0.300. The molecule has 1 aliphatic rings. The Labute approximate surface area is 157 Å². The molecule has 4 nitrogen and oxygen atoms in total. The molecule has 0 fully saturated rings. The van der Waals surface area contributed by atoms with Crippen molar-refractivity contribution in [2.24, 2.45) is 0 Å². The number of hydrogen-bond donors (Lipinski definition) is 0. The number of fused-ring (bicyclic) bond motifs is 1. The maximum atomic E-state index is 13.2. The van der Waals surface area contributed by atoms with E-state index >= 15 is 0 Å². The molecular formula is C20H21FN4S. The van der Waals surface area contributed by atoms with Gasteiger partial charge in [0.25, 0.3) is 0 Å². The molecule has 4 rings (SSSR count). The molecule has 0 atom stereocenters. The summed E-state index contributed by atoms with van der Waals surface area (Å²) in [5, 5.41) is 9.66. The lowest BCUT2D eigenvalue weighted by Gasteiger charge is -2.29. The van der Waals surface area contributed by atoms with E-state index in [1.165, 1.54) is 17.7 Å². The van der Waals surface area contributed by atoms with Gasteiger partial charge in [-0.15, -0.1) is 10.2 Å². The lowest BCUT2D eigenvalue weighted by Crippen LogP contribution is -2.30. The van der Waals surface area contributed by atoms with E-state index in [1.807, 2.05) is 12.1 Å². The van der Waals surface area contributed by atoms with E-state index in [1.54, 1.807) is 11.8 Å². The molecule has 0 unspecified atom stereocenters. The van der Waals surface area contributed by atoms with Gasteiger partial charge in [0.15, 0.2) is 11.0 Å². The maximum absolute atomic E-state index is 13.2. The standard InChI is InChI=1S/C20H21FN4S/c1-20(2,3)15-6-4-14(5-7-15)18-22-23-19-25(18)12-24(13-26-19)17-10-8-16(21)9-11-17/h4-11H,12-13H2,1-3H3. The molecule has 134 valence electrons. The average Bonchev–Trinajstić information content (AvgIpc) is 3.05. The van der Waals surface area contributed by atoms with Crippen LogP contribution < -0.4 is 4.90 Å². The van der Waals surface area contributed by atoms with Crippen LogP contribution in [0, 0.1) is 5.82 Å². The summed E-state index contributed by atoms with van der Waals surface area (Å²) in [6, 6.07) is 15.1. The Morgan fingerprint density at radius 1 is 0.962 bits per heavy atom. The van der Waals surface area contributed by atoms with Gasteiger partial charge in [0, 0.05) is 11.3 Å². The molecule has 6 heteroatoms. The lowest BCUT2D eigenvalue weighted by atomic mass is 9.87. The van der Waals surface area contributed by atoms with E-state index in [0.29, 0.717) is 6.67 Å². The van der Waals surface area contributed by atoms with Crippen molar-refractivity contribution in [3.05, 3.63) is 59.9 Å². The summed E-state index contributed by atoms with van der Waals surface area (Å²) in [4.78, 5) is 2.19. The third-order valence-corrected chi connectivity index (χ3v) is 5.58. The minimum absolute atomic E-state index is 0.123. The second kappa shape index (κ2) is 6.43. The molecule has 0 spiro atoms. The van der Waals surface area contributed by atoms with Crippen LogP contribution in [-0.4, -0.2) is 20.6 Å². The van der Waals surface area contributed by atoms with Crippen LogP contribution in [0.25, 0.3) is 11.4 Å². The normalized spacial score (nSPS) is 14.4. The number of anilines is 1. The van der Waals surface area contributed by atoms with E-state index < -0.39 is 0 Å². The smallest absolute Gasteiger partial charge is 0.194 e. The monoisotopic (exact) mass is 368 g/mol. The van der Waals surface area contributed by atoms with Gasteiger partial charge in [-0.1, -0.05) is 56.8 Å².